The number of azo groups is 1. The van der Waals surface area contributed by atoms with Gasteiger partial charge in [-0.3, -0.25) is 0 Å². The van der Waals surface area contributed by atoms with Gasteiger partial charge in [0.25, 0.3) is 0 Å². The van der Waals surface area contributed by atoms with Gasteiger partial charge in [-0.05, 0) is 26.3 Å². The maximum absolute atomic E-state index is 11.1. The van der Waals surface area contributed by atoms with Gasteiger partial charge in [-0.2, -0.15) is 5.11 Å². The van der Waals surface area contributed by atoms with E-state index in [9.17, 15) is 8.42 Å². The normalized spacial score (nSPS) is 22.0. The van der Waals surface area contributed by atoms with Crippen molar-refractivity contribution in [1.82, 2.24) is 0 Å². The first-order valence-electron chi connectivity index (χ1n) is 3.59. The fraction of sp³-hybridized carbons (Fsp3) is 0.714. The monoisotopic (exact) mass is 188 g/mol. The number of sulfone groups is 1. The zero-order chi connectivity index (χ0) is 9.57. The summed E-state index contributed by atoms with van der Waals surface area (Å²) in [6, 6.07) is 0. The van der Waals surface area contributed by atoms with Gasteiger partial charge in [-0.25, -0.2) is 8.42 Å². The molecule has 0 saturated carbocycles. The first-order valence-corrected chi connectivity index (χ1v) is 5.48. The van der Waals surface area contributed by atoms with Gasteiger partial charge in [-0.1, -0.05) is 0 Å². The Morgan fingerprint density at radius 3 is 2.00 bits per heavy atom. The number of rotatable bonds is 1. The van der Waals surface area contributed by atoms with Crippen LogP contribution < -0.4 is 0 Å². The van der Waals surface area contributed by atoms with Crippen molar-refractivity contribution in [2.45, 2.75) is 26.3 Å². The first kappa shape index (κ1) is 9.38. The Bertz CT molecular complexity index is 363. The molecule has 0 radical (unpaired) electrons. The molecule has 12 heavy (non-hydrogen) atoms. The Kier molecular flexibility index (Phi) is 1.87. The highest BCUT2D eigenvalue weighted by Crippen LogP contribution is 2.33. The van der Waals surface area contributed by atoms with E-state index < -0.39 is 15.4 Å². The Labute approximate surface area is 72.3 Å². The first-order chi connectivity index (χ1) is 5.25. The smallest absolute Gasteiger partial charge is 0.194 e. The third-order valence-corrected chi connectivity index (χ3v) is 3.07. The SMILES string of the molecule is CC1=C(S(C)(=O)=O)N=NC1(C)C. The highest BCUT2D eigenvalue weighted by Gasteiger charge is 2.32. The largest absolute Gasteiger partial charge is 0.222 e. The van der Waals surface area contributed by atoms with Crippen molar-refractivity contribution >= 4 is 9.84 Å². The molecule has 0 amide bonds. The number of nitrogens with zero attached hydrogens (tertiary/aromatic N) is 2. The summed E-state index contributed by atoms with van der Waals surface area (Å²) in [5.41, 5.74) is 0.253. The van der Waals surface area contributed by atoms with Gasteiger partial charge < -0.3 is 0 Å². The fourth-order valence-electron chi connectivity index (χ4n) is 0.934. The lowest BCUT2D eigenvalue weighted by molar-refractivity contribution is 0.604. The molecule has 0 aliphatic carbocycles. The minimum atomic E-state index is -3.20. The Morgan fingerprint density at radius 2 is 1.83 bits per heavy atom. The summed E-state index contributed by atoms with van der Waals surface area (Å²) in [6.07, 6.45) is 1.15. The van der Waals surface area contributed by atoms with Crippen LogP contribution in [-0.2, 0) is 9.84 Å². The molecule has 0 aromatic carbocycles. The van der Waals surface area contributed by atoms with Gasteiger partial charge in [0.1, 0.15) is 5.54 Å². The minimum Gasteiger partial charge on any atom is -0.222 e. The van der Waals surface area contributed by atoms with Crippen molar-refractivity contribution < 1.29 is 8.42 Å². The summed E-state index contributed by atoms with van der Waals surface area (Å²) >= 11 is 0. The molecule has 1 heterocycles. The van der Waals surface area contributed by atoms with E-state index in [1.165, 1.54) is 0 Å². The van der Waals surface area contributed by atoms with Crippen LogP contribution in [0.25, 0.3) is 0 Å². The van der Waals surface area contributed by atoms with Crippen LogP contribution >= 0.6 is 0 Å². The highest BCUT2D eigenvalue weighted by atomic mass is 32.2. The summed E-state index contributed by atoms with van der Waals surface area (Å²) in [4.78, 5) is 0. The van der Waals surface area contributed by atoms with Gasteiger partial charge in [-0.15, -0.1) is 5.11 Å². The van der Waals surface area contributed by atoms with E-state index in [-0.39, 0.29) is 5.03 Å². The summed E-state index contributed by atoms with van der Waals surface area (Å²) < 4.78 is 22.2. The molecular formula is C7H12N2O2S. The third kappa shape index (κ3) is 1.41. The second kappa shape index (κ2) is 2.39. The van der Waals surface area contributed by atoms with Crippen LogP contribution in [0, 0.1) is 0 Å². The Hall–Kier alpha value is -0.710. The molecular weight excluding hydrogens is 176 g/mol. The van der Waals surface area contributed by atoms with Crippen molar-refractivity contribution in [3.8, 4) is 0 Å². The van der Waals surface area contributed by atoms with Gasteiger partial charge in [0.15, 0.2) is 14.9 Å². The van der Waals surface area contributed by atoms with E-state index in [1.54, 1.807) is 6.92 Å². The van der Waals surface area contributed by atoms with Crippen LogP contribution in [0.5, 0.6) is 0 Å². The maximum atomic E-state index is 11.1. The summed E-state index contributed by atoms with van der Waals surface area (Å²) in [6.45, 7) is 5.42. The molecule has 68 valence electrons. The molecule has 0 aromatic rings. The van der Waals surface area contributed by atoms with E-state index in [0.717, 1.165) is 6.26 Å². The molecule has 0 bridgehead atoms. The summed E-state index contributed by atoms with van der Waals surface area (Å²) in [5, 5.41) is 7.64. The van der Waals surface area contributed by atoms with Crippen molar-refractivity contribution in [2.75, 3.05) is 6.26 Å². The lowest BCUT2D eigenvalue weighted by Gasteiger charge is -2.13. The number of hydrogen-bond donors (Lipinski definition) is 0. The topological polar surface area (TPSA) is 58.9 Å². The van der Waals surface area contributed by atoms with Gasteiger partial charge in [0.2, 0.25) is 0 Å². The number of hydrogen-bond acceptors (Lipinski definition) is 4. The minimum absolute atomic E-state index is 0.118. The average Bonchev–Trinajstić information content (AvgIpc) is 2.06. The molecule has 0 atom stereocenters. The third-order valence-electron chi connectivity index (χ3n) is 1.98. The van der Waals surface area contributed by atoms with E-state index in [4.69, 9.17) is 0 Å². The molecule has 0 fully saturated rings. The van der Waals surface area contributed by atoms with Crippen LogP contribution in [0.2, 0.25) is 0 Å². The average molecular weight is 188 g/mol. The van der Waals surface area contributed by atoms with Gasteiger partial charge in [0, 0.05) is 6.26 Å². The lowest BCUT2D eigenvalue weighted by atomic mass is 9.99. The molecule has 0 unspecified atom stereocenters. The van der Waals surface area contributed by atoms with Crippen LogP contribution in [0.1, 0.15) is 20.8 Å². The van der Waals surface area contributed by atoms with E-state index in [2.05, 4.69) is 10.2 Å². The molecule has 5 heteroatoms. The second-order valence-corrected chi connectivity index (χ2v) is 5.39. The van der Waals surface area contributed by atoms with Crippen LogP contribution in [0.3, 0.4) is 0 Å². The molecule has 1 aliphatic rings. The van der Waals surface area contributed by atoms with Gasteiger partial charge >= 0.3 is 0 Å². The van der Waals surface area contributed by atoms with Crippen molar-refractivity contribution in [3.63, 3.8) is 0 Å². The van der Waals surface area contributed by atoms with Crippen LogP contribution in [0.15, 0.2) is 20.8 Å². The van der Waals surface area contributed by atoms with Crippen LogP contribution in [0.4, 0.5) is 0 Å². The lowest BCUT2D eigenvalue weighted by Crippen LogP contribution is -2.16. The van der Waals surface area contributed by atoms with E-state index >= 15 is 0 Å². The molecule has 0 saturated heterocycles. The standard InChI is InChI=1S/C7H12N2O2S/c1-5-6(12(4,10)11)8-9-7(5,2)3/h1-4H3. The quantitative estimate of drug-likeness (QED) is 0.626. The predicted octanol–water partition coefficient (Wildman–Crippen LogP) is 1.51. The van der Waals surface area contributed by atoms with Crippen molar-refractivity contribution in [2.24, 2.45) is 10.2 Å². The van der Waals surface area contributed by atoms with E-state index in [1.807, 2.05) is 13.8 Å². The molecule has 1 aliphatic heterocycles. The summed E-state index contributed by atoms with van der Waals surface area (Å²) in [5.74, 6) is 0. The molecule has 4 nitrogen and oxygen atoms in total. The molecule has 0 N–H and O–H groups in total. The Morgan fingerprint density at radius 1 is 1.33 bits per heavy atom. The van der Waals surface area contributed by atoms with Gasteiger partial charge in [0.05, 0.1) is 0 Å². The zero-order valence-corrected chi connectivity index (χ0v) is 8.44. The maximum Gasteiger partial charge on any atom is 0.194 e. The van der Waals surface area contributed by atoms with Crippen molar-refractivity contribution in [1.29, 1.82) is 0 Å². The molecule has 0 spiro atoms. The zero-order valence-electron chi connectivity index (χ0n) is 7.62. The van der Waals surface area contributed by atoms with Crippen molar-refractivity contribution in [3.05, 3.63) is 10.6 Å². The predicted molar refractivity (Wildman–Crippen MR) is 46.5 cm³/mol. The molecule has 0 aromatic heterocycles. The van der Waals surface area contributed by atoms with Crippen LogP contribution in [-0.4, -0.2) is 20.2 Å². The second-order valence-electron chi connectivity index (χ2n) is 3.46. The van der Waals surface area contributed by atoms with E-state index in [0.29, 0.717) is 5.57 Å². The highest BCUT2D eigenvalue weighted by molar-refractivity contribution is 7.94. The fourth-order valence-corrected chi connectivity index (χ4v) is 1.93. The molecule has 1 rings (SSSR count). The summed E-state index contributed by atoms with van der Waals surface area (Å²) in [7, 11) is -3.20. The Balaban J connectivity index is 3.29.